The van der Waals surface area contributed by atoms with Crippen LogP contribution in [0.25, 0.3) is 0 Å². The molecular formula is C14H22N2O2. The molecule has 0 saturated heterocycles. The predicted molar refractivity (Wildman–Crippen MR) is 72.3 cm³/mol. The highest BCUT2D eigenvalue weighted by atomic mass is 16.3. The van der Waals surface area contributed by atoms with Gasteiger partial charge in [-0.05, 0) is 38.1 Å². The van der Waals surface area contributed by atoms with Gasteiger partial charge in [0.2, 0.25) is 5.91 Å². The number of carbonyl (C=O) groups is 1. The van der Waals surface area contributed by atoms with Crippen LogP contribution in [0.15, 0.2) is 24.3 Å². The fourth-order valence-electron chi connectivity index (χ4n) is 2.00. The number of carbonyl (C=O) groups excluding carboxylic acids is 1. The summed E-state index contributed by atoms with van der Waals surface area (Å²) >= 11 is 0. The summed E-state index contributed by atoms with van der Waals surface area (Å²) < 4.78 is 0. The van der Waals surface area contributed by atoms with E-state index in [0.717, 1.165) is 12.1 Å². The van der Waals surface area contributed by atoms with E-state index in [0.29, 0.717) is 6.54 Å². The van der Waals surface area contributed by atoms with Crippen molar-refractivity contribution in [3.63, 3.8) is 0 Å². The van der Waals surface area contributed by atoms with Crippen molar-refractivity contribution in [1.82, 2.24) is 10.2 Å². The van der Waals surface area contributed by atoms with Gasteiger partial charge in [-0.1, -0.05) is 19.1 Å². The summed E-state index contributed by atoms with van der Waals surface area (Å²) in [6.07, 6.45) is 0. The molecule has 4 nitrogen and oxygen atoms in total. The van der Waals surface area contributed by atoms with Crippen molar-refractivity contribution in [2.75, 3.05) is 13.6 Å². The molecule has 0 heterocycles. The topological polar surface area (TPSA) is 52.6 Å². The Morgan fingerprint density at radius 3 is 2.67 bits per heavy atom. The largest absolute Gasteiger partial charge is 0.508 e. The Morgan fingerprint density at radius 2 is 2.11 bits per heavy atom. The summed E-state index contributed by atoms with van der Waals surface area (Å²) in [7, 11) is 1.77. The van der Waals surface area contributed by atoms with Crippen molar-refractivity contribution >= 4 is 5.91 Å². The maximum atomic E-state index is 12.2. The fourth-order valence-corrected chi connectivity index (χ4v) is 2.00. The maximum absolute atomic E-state index is 12.2. The average molecular weight is 250 g/mol. The van der Waals surface area contributed by atoms with Crippen molar-refractivity contribution in [1.29, 1.82) is 0 Å². The quantitative estimate of drug-likeness (QED) is 0.837. The third-order valence-corrected chi connectivity index (χ3v) is 2.83. The molecule has 1 rings (SSSR count). The first kappa shape index (κ1) is 14.5. The number of hydrogen-bond donors (Lipinski definition) is 2. The van der Waals surface area contributed by atoms with Crippen LogP contribution in [0.5, 0.6) is 5.75 Å². The van der Waals surface area contributed by atoms with E-state index in [1.165, 1.54) is 0 Å². The molecule has 0 radical (unpaired) electrons. The van der Waals surface area contributed by atoms with E-state index in [4.69, 9.17) is 0 Å². The molecule has 0 saturated carbocycles. The minimum Gasteiger partial charge on any atom is -0.508 e. The van der Waals surface area contributed by atoms with E-state index in [2.05, 4.69) is 5.32 Å². The van der Waals surface area contributed by atoms with Crippen LogP contribution >= 0.6 is 0 Å². The number of phenols is 1. The Bertz CT molecular complexity index is 416. The minimum absolute atomic E-state index is 0.0349. The normalized spacial score (nSPS) is 11.3. The lowest BCUT2D eigenvalue weighted by Gasteiger charge is -2.30. The van der Waals surface area contributed by atoms with Crippen LogP contribution in [0.3, 0.4) is 0 Å². The van der Waals surface area contributed by atoms with Gasteiger partial charge >= 0.3 is 0 Å². The monoisotopic (exact) mass is 250 g/mol. The number of nitrogens with zero attached hydrogens (tertiary/aromatic N) is 1. The summed E-state index contributed by atoms with van der Waals surface area (Å²) in [5, 5.41) is 12.6. The number of rotatable bonds is 5. The summed E-state index contributed by atoms with van der Waals surface area (Å²) in [6.45, 7) is 6.96. The highest BCUT2D eigenvalue weighted by Gasteiger charge is 2.29. The van der Waals surface area contributed by atoms with Crippen LogP contribution in [0.2, 0.25) is 0 Å². The highest BCUT2D eigenvalue weighted by molar-refractivity contribution is 5.85. The molecule has 0 aliphatic carbocycles. The molecule has 0 fully saturated rings. The first-order chi connectivity index (χ1) is 8.36. The number of amides is 1. The zero-order chi connectivity index (χ0) is 13.8. The molecule has 100 valence electrons. The Labute approximate surface area is 109 Å². The molecule has 1 aromatic rings. The minimum atomic E-state index is -0.569. The molecule has 2 N–H and O–H groups in total. The lowest BCUT2D eigenvalue weighted by atomic mass is 10.0. The van der Waals surface area contributed by atoms with Gasteiger partial charge in [0.25, 0.3) is 0 Å². The Hall–Kier alpha value is -1.55. The number of hydrogen-bond acceptors (Lipinski definition) is 3. The second kappa shape index (κ2) is 5.87. The molecule has 18 heavy (non-hydrogen) atoms. The van der Waals surface area contributed by atoms with Crippen molar-refractivity contribution in [3.8, 4) is 5.75 Å². The first-order valence-electron chi connectivity index (χ1n) is 6.15. The average Bonchev–Trinajstić information content (AvgIpc) is 2.27. The van der Waals surface area contributed by atoms with Gasteiger partial charge in [-0.25, -0.2) is 0 Å². The van der Waals surface area contributed by atoms with Gasteiger partial charge in [-0.3, -0.25) is 4.79 Å². The van der Waals surface area contributed by atoms with Gasteiger partial charge in [0.1, 0.15) is 5.75 Å². The maximum Gasteiger partial charge on any atom is 0.242 e. The van der Waals surface area contributed by atoms with Crippen LogP contribution in [-0.4, -0.2) is 35.0 Å². The van der Waals surface area contributed by atoms with Gasteiger partial charge in [0.05, 0.1) is 5.54 Å². The molecule has 0 bridgehead atoms. The molecule has 0 aliphatic heterocycles. The molecule has 0 aliphatic rings. The number of nitrogens with one attached hydrogen (secondary N) is 1. The van der Waals surface area contributed by atoms with E-state index in [1.54, 1.807) is 30.1 Å². The summed E-state index contributed by atoms with van der Waals surface area (Å²) in [6, 6.07) is 6.96. The second-order valence-corrected chi connectivity index (χ2v) is 4.99. The second-order valence-electron chi connectivity index (χ2n) is 4.99. The standard InChI is InChI=1S/C14H22N2O2/c1-5-15-14(2,3)13(18)16(4)10-11-7-6-8-12(17)9-11/h6-9,15,17H,5,10H2,1-4H3. The third kappa shape index (κ3) is 3.74. The van der Waals surface area contributed by atoms with E-state index in [9.17, 15) is 9.90 Å². The van der Waals surface area contributed by atoms with Crippen molar-refractivity contribution < 1.29 is 9.90 Å². The molecule has 0 atom stereocenters. The highest BCUT2D eigenvalue weighted by Crippen LogP contribution is 2.14. The number of benzene rings is 1. The molecule has 0 spiro atoms. The van der Waals surface area contributed by atoms with Crippen molar-refractivity contribution in [2.45, 2.75) is 32.9 Å². The molecule has 1 amide bonds. The van der Waals surface area contributed by atoms with Gasteiger partial charge in [-0.15, -0.1) is 0 Å². The zero-order valence-corrected chi connectivity index (χ0v) is 11.5. The first-order valence-corrected chi connectivity index (χ1v) is 6.15. The van der Waals surface area contributed by atoms with Crippen molar-refractivity contribution in [3.05, 3.63) is 29.8 Å². The van der Waals surface area contributed by atoms with Crippen LogP contribution in [0.4, 0.5) is 0 Å². The van der Waals surface area contributed by atoms with Gasteiger partial charge < -0.3 is 15.3 Å². The Balaban J connectivity index is 2.71. The van der Waals surface area contributed by atoms with Crippen LogP contribution in [0.1, 0.15) is 26.3 Å². The lowest BCUT2D eigenvalue weighted by Crippen LogP contribution is -2.52. The van der Waals surface area contributed by atoms with Crippen molar-refractivity contribution in [2.24, 2.45) is 0 Å². The molecule has 0 aromatic heterocycles. The predicted octanol–water partition coefficient (Wildman–Crippen LogP) is 1.74. The van der Waals surface area contributed by atoms with Crippen LogP contribution < -0.4 is 5.32 Å². The van der Waals surface area contributed by atoms with Gasteiger partial charge in [0.15, 0.2) is 0 Å². The summed E-state index contributed by atoms with van der Waals surface area (Å²) in [5.74, 6) is 0.256. The summed E-state index contributed by atoms with van der Waals surface area (Å²) in [5.41, 5.74) is 0.346. The lowest BCUT2D eigenvalue weighted by molar-refractivity contribution is -0.136. The van der Waals surface area contributed by atoms with E-state index in [-0.39, 0.29) is 11.7 Å². The fraction of sp³-hybridized carbons (Fsp3) is 0.500. The SMILES string of the molecule is CCNC(C)(C)C(=O)N(C)Cc1cccc(O)c1. The third-order valence-electron chi connectivity index (χ3n) is 2.83. The molecular weight excluding hydrogens is 228 g/mol. The number of phenolic OH excluding ortho intramolecular Hbond substituents is 1. The molecule has 4 heteroatoms. The Kier molecular flexibility index (Phi) is 4.73. The Morgan fingerprint density at radius 1 is 1.44 bits per heavy atom. The molecule has 0 unspecified atom stereocenters. The van der Waals surface area contributed by atoms with Crippen LogP contribution in [-0.2, 0) is 11.3 Å². The van der Waals surface area contributed by atoms with Gasteiger partial charge in [-0.2, -0.15) is 0 Å². The van der Waals surface area contributed by atoms with Crippen LogP contribution in [0, 0.1) is 0 Å². The molecule has 1 aromatic carbocycles. The number of likely N-dealkylation sites (N-methyl/N-ethyl adjacent to an activating group) is 2. The smallest absolute Gasteiger partial charge is 0.242 e. The van der Waals surface area contributed by atoms with Gasteiger partial charge in [0, 0.05) is 13.6 Å². The number of aromatic hydroxyl groups is 1. The zero-order valence-electron chi connectivity index (χ0n) is 11.5. The van der Waals surface area contributed by atoms with E-state index in [1.807, 2.05) is 26.8 Å². The summed E-state index contributed by atoms with van der Waals surface area (Å²) in [4.78, 5) is 13.9. The van der Waals surface area contributed by atoms with E-state index >= 15 is 0 Å². The van der Waals surface area contributed by atoms with E-state index < -0.39 is 5.54 Å².